The van der Waals surface area contributed by atoms with E-state index >= 15 is 0 Å². The molecule has 12 heavy (non-hydrogen) atoms. The summed E-state index contributed by atoms with van der Waals surface area (Å²) >= 11 is 0. The fourth-order valence-electron chi connectivity index (χ4n) is 0.518. The lowest BCUT2D eigenvalue weighted by molar-refractivity contribution is -0.123. The maximum absolute atomic E-state index is 7.45. The smallest absolute Gasteiger partial charge is 0.247 e. The summed E-state index contributed by atoms with van der Waals surface area (Å²) in [5.74, 6) is 0. The fraction of sp³-hybridized carbons (Fsp3) is 1.00. The molecular weight excluding hydrogens is 181 g/mol. The van der Waals surface area contributed by atoms with Crippen LogP contribution in [-0.2, 0) is 9.47 Å². The molecule has 0 rings (SSSR count). The molecule has 0 radical (unpaired) electrons. The van der Waals surface area contributed by atoms with Crippen LogP contribution in [0.4, 0.5) is 0 Å². The first-order valence-electron chi connectivity index (χ1n) is 3.70. The lowest BCUT2D eigenvalue weighted by Crippen LogP contribution is -2.11. The molecule has 4 N–H and O–H groups in total. The van der Waals surface area contributed by atoms with Gasteiger partial charge in [0.2, 0.25) is 8.53 Å². The molecule has 0 aliphatic heterocycles. The molecule has 0 aromatic heterocycles. The Morgan fingerprint density at radius 3 is 1.67 bits per heavy atom. The number of ether oxygens (including phenoxy) is 2. The van der Waals surface area contributed by atoms with Crippen LogP contribution in [0, 0.1) is 0 Å². The van der Waals surface area contributed by atoms with Gasteiger partial charge in [-0.1, -0.05) is 0 Å². The Balaban J connectivity index is 0. The zero-order chi connectivity index (χ0) is 9.98. The number of rotatable bonds is 4. The topological polar surface area (TPSA) is 84.9 Å². The molecule has 0 aromatic rings. The first kappa shape index (κ1) is 14.7. The number of hydrogen-bond donors (Lipinski definition) is 3. The molecule has 0 amide bonds. The molecule has 0 aliphatic carbocycles. The molecule has 0 aliphatic rings. The largest absolute Gasteiger partial charge is 0.353 e. The maximum atomic E-state index is 7.45. The van der Waals surface area contributed by atoms with Crippen molar-refractivity contribution in [1.29, 1.82) is 0 Å². The van der Waals surface area contributed by atoms with Crippen molar-refractivity contribution in [2.45, 2.75) is 27.1 Å². The van der Waals surface area contributed by atoms with Crippen LogP contribution < -0.4 is 5.50 Å². The van der Waals surface area contributed by atoms with Crippen molar-refractivity contribution < 1.29 is 19.3 Å². The summed E-state index contributed by atoms with van der Waals surface area (Å²) in [6.07, 6.45) is -0.0370. The van der Waals surface area contributed by atoms with Crippen LogP contribution in [0.15, 0.2) is 0 Å². The van der Waals surface area contributed by atoms with Gasteiger partial charge in [-0.15, -0.1) is 0 Å². The molecule has 5 nitrogen and oxygen atoms in total. The van der Waals surface area contributed by atoms with Crippen LogP contribution in [0.2, 0.25) is 0 Å². The molecule has 0 unspecified atom stereocenters. The van der Waals surface area contributed by atoms with E-state index in [0.717, 1.165) is 13.2 Å². The summed E-state index contributed by atoms with van der Waals surface area (Å²) in [7, 11) is -2.12. The summed E-state index contributed by atoms with van der Waals surface area (Å²) in [6, 6.07) is 0. The van der Waals surface area contributed by atoms with Gasteiger partial charge in [0, 0.05) is 13.2 Å². The van der Waals surface area contributed by atoms with E-state index in [2.05, 4.69) is 5.50 Å². The quantitative estimate of drug-likeness (QED) is 0.455. The van der Waals surface area contributed by atoms with Gasteiger partial charge in [0.25, 0.3) is 0 Å². The van der Waals surface area contributed by atoms with Gasteiger partial charge in [-0.05, 0) is 20.8 Å². The normalized spacial score (nSPS) is 10.0. The Morgan fingerprint density at radius 1 is 1.25 bits per heavy atom. The summed E-state index contributed by atoms with van der Waals surface area (Å²) < 4.78 is 10.1. The summed E-state index contributed by atoms with van der Waals surface area (Å²) in [6.45, 7) is 7.25. The van der Waals surface area contributed by atoms with Crippen molar-refractivity contribution >= 4 is 8.53 Å². The van der Waals surface area contributed by atoms with Crippen LogP contribution in [0.3, 0.4) is 0 Å². The molecule has 0 bridgehead atoms. The van der Waals surface area contributed by atoms with Gasteiger partial charge in [0.15, 0.2) is 6.29 Å². The second-order valence-corrected chi connectivity index (χ2v) is 2.44. The first-order chi connectivity index (χ1) is 5.54. The molecule has 76 valence electrons. The van der Waals surface area contributed by atoms with Gasteiger partial charge in [0.1, 0.15) is 0 Å². The predicted octanol–water partition coefficient (Wildman–Crippen LogP) is 0.562. The van der Waals surface area contributed by atoms with Gasteiger partial charge in [-0.3, -0.25) is 5.50 Å². The molecule has 0 fully saturated rings. The molecule has 0 saturated heterocycles. The van der Waals surface area contributed by atoms with Gasteiger partial charge in [-0.2, -0.15) is 0 Å². The molecule has 0 saturated carbocycles. The third kappa shape index (κ3) is 22.5. The average Bonchev–Trinajstić information content (AvgIpc) is 1.87. The van der Waals surface area contributed by atoms with E-state index in [0.29, 0.717) is 0 Å². The highest BCUT2D eigenvalue weighted by Gasteiger charge is 1.94. The standard InChI is InChI=1S/C6H14O2.H4NO2P/c1-4-7-6(3)8-5-2;1-4(2)3/h6H,4-5H2,1-3H3;2-3H,1H2. The van der Waals surface area contributed by atoms with Crippen molar-refractivity contribution in [2.24, 2.45) is 5.50 Å². The highest BCUT2D eigenvalue weighted by molar-refractivity contribution is 7.42. The molecule has 6 heteroatoms. The monoisotopic (exact) mass is 199 g/mol. The number of nitrogens with two attached hydrogens (primary N) is 1. The Labute approximate surface area is 74.5 Å². The minimum atomic E-state index is -2.12. The highest BCUT2D eigenvalue weighted by Crippen LogP contribution is 2.05. The van der Waals surface area contributed by atoms with E-state index in [4.69, 9.17) is 19.3 Å². The maximum Gasteiger partial charge on any atom is 0.247 e. The lowest BCUT2D eigenvalue weighted by atomic mass is 10.7. The van der Waals surface area contributed by atoms with Crippen molar-refractivity contribution in [1.82, 2.24) is 0 Å². The lowest BCUT2D eigenvalue weighted by Gasteiger charge is -2.09. The zero-order valence-corrected chi connectivity index (χ0v) is 8.62. The molecule has 0 heterocycles. The second-order valence-electron chi connectivity index (χ2n) is 1.80. The molecule has 0 aromatic carbocycles. The third-order valence-corrected chi connectivity index (χ3v) is 0.803. The predicted molar refractivity (Wildman–Crippen MR) is 48.3 cm³/mol. The van der Waals surface area contributed by atoms with Crippen molar-refractivity contribution in [2.75, 3.05) is 13.2 Å². The van der Waals surface area contributed by atoms with E-state index in [-0.39, 0.29) is 6.29 Å². The van der Waals surface area contributed by atoms with E-state index in [1.165, 1.54) is 0 Å². The van der Waals surface area contributed by atoms with Crippen molar-refractivity contribution in [3.05, 3.63) is 0 Å². The first-order valence-corrected chi connectivity index (χ1v) is 5.01. The average molecular weight is 199 g/mol. The highest BCUT2D eigenvalue weighted by atomic mass is 31.2. The van der Waals surface area contributed by atoms with E-state index in [1.54, 1.807) is 0 Å². The van der Waals surface area contributed by atoms with E-state index in [1.807, 2.05) is 20.8 Å². The summed E-state index contributed by atoms with van der Waals surface area (Å²) in [5, 5.41) is 0. The summed E-state index contributed by atoms with van der Waals surface area (Å²) in [5.41, 5.74) is 4.29. The van der Waals surface area contributed by atoms with Crippen LogP contribution in [0.1, 0.15) is 20.8 Å². The number of hydrogen-bond acceptors (Lipinski definition) is 5. The molecule has 0 atom stereocenters. The van der Waals surface area contributed by atoms with Gasteiger partial charge in [0.05, 0.1) is 0 Å². The Morgan fingerprint density at radius 2 is 1.50 bits per heavy atom. The van der Waals surface area contributed by atoms with Crippen molar-refractivity contribution in [3.8, 4) is 0 Å². The Bertz CT molecular complexity index is 75.2. The van der Waals surface area contributed by atoms with Crippen molar-refractivity contribution in [3.63, 3.8) is 0 Å². The zero-order valence-electron chi connectivity index (χ0n) is 7.73. The Kier molecular flexibility index (Phi) is 13.8. The van der Waals surface area contributed by atoms with E-state index in [9.17, 15) is 0 Å². The van der Waals surface area contributed by atoms with Crippen LogP contribution in [0.25, 0.3) is 0 Å². The Hall–Kier alpha value is 0.230. The van der Waals surface area contributed by atoms with Crippen LogP contribution in [0.5, 0.6) is 0 Å². The SMILES string of the molecule is CCOC(C)OCC.NP(O)O. The van der Waals surface area contributed by atoms with Crippen LogP contribution >= 0.6 is 8.53 Å². The molecular formula is C6H18NO4P. The third-order valence-electron chi connectivity index (χ3n) is 0.803. The molecule has 0 spiro atoms. The second kappa shape index (κ2) is 11.2. The van der Waals surface area contributed by atoms with Crippen LogP contribution in [-0.4, -0.2) is 29.3 Å². The summed E-state index contributed by atoms with van der Waals surface area (Å²) in [4.78, 5) is 14.9. The minimum absolute atomic E-state index is 0.0370. The fourth-order valence-corrected chi connectivity index (χ4v) is 0.518. The minimum Gasteiger partial charge on any atom is -0.353 e. The van der Waals surface area contributed by atoms with Gasteiger partial charge >= 0.3 is 0 Å². The van der Waals surface area contributed by atoms with Gasteiger partial charge < -0.3 is 19.3 Å². The van der Waals surface area contributed by atoms with E-state index < -0.39 is 8.53 Å². The van der Waals surface area contributed by atoms with Gasteiger partial charge in [-0.25, -0.2) is 0 Å².